The summed E-state index contributed by atoms with van der Waals surface area (Å²) in [5.41, 5.74) is 0.0312. The van der Waals surface area contributed by atoms with Crippen molar-refractivity contribution in [1.82, 2.24) is 14.9 Å². The molecule has 1 aromatic rings. The lowest BCUT2D eigenvalue weighted by atomic mass is 9.90. The van der Waals surface area contributed by atoms with E-state index in [9.17, 15) is 9.59 Å². The zero-order valence-corrected chi connectivity index (χ0v) is 12.1. The van der Waals surface area contributed by atoms with Gasteiger partial charge in [-0.3, -0.25) is 14.7 Å². The Morgan fingerprint density at radius 3 is 2.52 bits per heavy atom. The third kappa shape index (κ3) is 2.03. The van der Waals surface area contributed by atoms with Gasteiger partial charge in [0.2, 0.25) is 5.91 Å². The van der Waals surface area contributed by atoms with E-state index < -0.39 is 11.5 Å². The molecule has 1 saturated heterocycles. The van der Waals surface area contributed by atoms with E-state index in [0.29, 0.717) is 37.4 Å². The Hall–Kier alpha value is -2.18. The predicted molar refractivity (Wildman–Crippen MR) is 75.2 cm³/mol. The van der Waals surface area contributed by atoms with Gasteiger partial charge in [-0.25, -0.2) is 9.78 Å². The van der Waals surface area contributed by atoms with Crippen molar-refractivity contribution in [3.8, 4) is 0 Å². The number of rotatable bonds is 1. The number of anilines is 1. The average Bonchev–Trinajstić information content (AvgIpc) is 2.67. The number of amides is 2. The molecule has 1 N–H and O–H groups in total. The second kappa shape index (κ2) is 4.68. The zero-order chi connectivity index (χ0) is 15.2. The molecule has 1 aromatic heterocycles. The van der Waals surface area contributed by atoms with E-state index in [-0.39, 0.29) is 11.9 Å². The van der Waals surface area contributed by atoms with Crippen molar-refractivity contribution in [1.29, 1.82) is 0 Å². The van der Waals surface area contributed by atoms with Crippen molar-refractivity contribution in [2.24, 2.45) is 0 Å². The molecule has 3 rings (SSSR count). The second-order valence-electron chi connectivity index (χ2n) is 6.03. The SMILES string of the molecule is CC1(C)C(=O)N(C2CCN(C(=O)O)CC2)c2nccnc21. The van der Waals surface area contributed by atoms with Crippen LogP contribution in [0.2, 0.25) is 0 Å². The Bertz CT molecular complexity index is 594. The maximum Gasteiger partial charge on any atom is 0.407 e. The molecule has 0 unspecified atom stereocenters. The van der Waals surface area contributed by atoms with Crippen LogP contribution in [0.4, 0.5) is 10.6 Å². The van der Waals surface area contributed by atoms with Crippen LogP contribution in [0.1, 0.15) is 32.4 Å². The van der Waals surface area contributed by atoms with Crippen molar-refractivity contribution in [2.45, 2.75) is 38.1 Å². The van der Waals surface area contributed by atoms with Gasteiger partial charge in [-0.2, -0.15) is 0 Å². The highest BCUT2D eigenvalue weighted by molar-refractivity contribution is 6.06. The number of hydrogen-bond donors (Lipinski definition) is 1. The van der Waals surface area contributed by atoms with Crippen LogP contribution in [-0.2, 0) is 10.2 Å². The number of carbonyl (C=O) groups excluding carboxylic acids is 1. The summed E-state index contributed by atoms with van der Waals surface area (Å²) in [5.74, 6) is 0.624. The van der Waals surface area contributed by atoms with Crippen LogP contribution in [-0.4, -0.2) is 51.1 Å². The van der Waals surface area contributed by atoms with Crippen molar-refractivity contribution in [3.63, 3.8) is 0 Å². The van der Waals surface area contributed by atoms with Crippen LogP contribution >= 0.6 is 0 Å². The first-order valence-electron chi connectivity index (χ1n) is 7.06. The number of likely N-dealkylation sites (tertiary alicyclic amines) is 1. The smallest absolute Gasteiger partial charge is 0.407 e. The molecule has 0 spiro atoms. The van der Waals surface area contributed by atoms with Crippen molar-refractivity contribution in [3.05, 3.63) is 18.1 Å². The molecule has 2 aliphatic rings. The van der Waals surface area contributed by atoms with Gasteiger partial charge in [-0.1, -0.05) is 0 Å². The van der Waals surface area contributed by atoms with Crippen LogP contribution in [0, 0.1) is 0 Å². The molecule has 7 nitrogen and oxygen atoms in total. The zero-order valence-electron chi connectivity index (χ0n) is 12.1. The van der Waals surface area contributed by atoms with Gasteiger partial charge in [0.1, 0.15) is 0 Å². The van der Waals surface area contributed by atoms with Gasteiger partial charge in [-0.15, -0.1) is 0 Å². The predicted octanol–water partition coefficient (Wildman–Crippen LogP) is 1.24. The van der Waals surface area contributed by atoms with Gasteiger partial charge in [0, 0.05) is 31.5 Å². The van der Waals surface area contributed by atoms with E-state index in [0.717, 1.165) is 0 Å². The molecule has 2 aliphatic heterocycles. The third-order valence-corrected chi connectivity index (χ3v) is 4.35. The Kier molecular flexibility index (Phi) is 3.07. The number of hydrogen-bond acceptors (Lipinski definition) is 4. The first-order valence-corrected chi connectivity index (χ1v) is 7.06. The molecule has 7 heteroatoms. The number of fused-ring (bicyclic) bond motifs is 1. The van der Waals surface area contributed by atoms with Crippen LogP contribution in [0.3, 0.4) is 0 Å². The maximum absolute atomic E-state index is 12.7. The lowest BCUT2D eigenvalue weighted by Gasteiger charge is -2.35. The molecule has 0 bridgehead atoms. The topological polar surface area (TPSA) is 86.6 Å². The van der Waals surface area contributed by atoms with Crippen molar-refractivity contribution < 1.29 is 14.7 Å². The van der Waals surface area contributed by atoms with E-state index in [1.54, 1.807) is 17.3 Å². The number of carboxylic acid groups (broad SMARTS) is 1. The summed E-state index contributed by atoms with van der Waals surface area (Å²) in [6.45, 7) is 4.60. The fraction of sp³-hybridized carbons (Fsp3) is 0.571. The average molecular weight is 290 g/mol. The quantitative estimate of drug-likeness (QED) is 0.841. The Labute approximate surface area is 122 Å². The summed E-state index contributed by atoms with van der Waals surface area (Å²) in [5, 5.41) is 9.01. The minimum absolute atomic E-state index is 0.00234. The van der Waals surface area contributed by atoms with Crippen LogP contribution in [0.5, 0.6) is 0 Å². The van der Waals surface area contributed by atoms with E-state index in [1.807, 2.05) is 13.8 Å². The lowest BCUT2D eigenvalue weighted by Crippen LogP contribution is -2.49. The van der Waals surface area contributed by atoms with E-state index in [1.165, 1.54) is 4.90 Å². The monoisotopic (exact) mass is 290 g/mol. The molecule has 21 heavy (non-hydrogen) atoms. The Morgan fingerprint density at radius 1 is 1.29 bits per heavy atom. The van der Waals surface area contributed by atoms with E-state index in [2.05, 4.69) is 9.97 Å². The molecule has 0 aromatic carbocycles. The highest BCUT2D eigenvalue weighted by Crippen LogP contribution is 2.40. The van der Waals surface area contributed by atoms with Gasteiger partial charge in [0.15, 0.2) is 5.82 Å². The second-order valence-corrected chi connectivity index (χ2v) is 6.03. The third-order valence-electron chi connectivity index (χ3n) is 4.35. The van der Waals surface area contributed by atoms with E-state index in [4.69, 9.17) is 5.11 Å². The molecule has 112 valence electrons. The largest absolute Gasteiger partial charge is 0.465 e. The van der Waals surface area contributed by atoms with Gasteiger partial charge in [0.25, 0.3) is 0 Å². The molecule has 0 saturated carbocycles. The summed E-state index contributed by atoms with van der Waals surface area (Å²) in [6.07, 6.45) is 3.55. The molecule has 0 radical (unpaired) electrons. The minimum Gasteiger partial charge on any atom is -0.465 e. The lowest BCUT2D eigenvalue weighted by molar-refractivity contribution is -0.122. The standard InChI is InChI=1S/C14H18N4O3/c1-14(2)10-11(16-6-5-15-10)18(12(14)19)9-3-7-17(8-4-9)13(20)21/h5-6,9H,3-4,7-8H2,1-2H3,(H,20,21). The summed E-state index contributed by atoms with van der Waals surface area (Å²) in [6, 6.07) is -0.00896. The van der Waals surface area contributed by atoms with Crippen LogP contribution < -0.4 is 4.90 Å². The summed E-state index contributed by atoms with van der Waals surface area (Å²) >= 11 is 0. The molecule has 2 amide bonds. The van der Waals surface area contributed by atoms with Crippen molar-refractivity contribution in [2.75, 3.05) is 18.0 Å². The number of carbonyl (C=O) groups is 2. The van der Waals surface area contributed by atoms with Crippen LogP contribution in [0.15, 0.2) is 12.4 Å². The Morgan fingerprint density at radius 2 is 1.90 bits per heavy atom. The van der Waals surface area contributed by atoms with Gasteiger partial charge in [-0.05, 0) is 26.7 Å². The fourth-order valence-electron chi connectivity index (χ4n) is 3.10. The number of piperidine rings is 1. The Balaban J connectivity index is 1.87. The molecule has 0 atom stereocenters. The highest BCUT2D eigenvalue weighted by Gasteiger charge is 2.49. The van der Waals surface area contributed by atoms with Crippen molar-refractivity contribution >= 4 is 17.8 Å². The first kappa shape index (κ1) is 13.8. The van der Waals surface area contributed by atoms with E-state index >= 15 is 0 Å². The first-order chi connectivity index (χ1) is 9.93. The number of aromatic nitrogens is 2. The molecule has 1 fully saturated rings. The fourth-order valence-corrected chi connectivity index (χ4v) is 3.10. The summed E-state index contributed by atoms with van der Waals surface area (Å²) < 4.78 is 0. The van der Waals surface area contributed by atoms with Gasteiger partial charge in [0.05, 0.1) is 11.1 Å². The normalized spacial score (nSPS) is 21.5. The van der Waals surface area contributed by atoms with Crippen LogP contribution in [0.25, 0.3) is 0 Å². The number of nitrogens with zero attached hydrogens (tertiary/aromatic N) is 4. The van der Waals surface area contributed by atoms with Gasteiger partial charge < -0.3 is 10.0 Å². The maximum atomic E-state index is 12.7. The minimum atomic E-state index is -0.901. The van der Waals surface area contributed by atoms with Gasteiger partial charge >= 0.3 is 6.09 Å². The molecular weight excluding hydrogens is 272 g/mol. The highest BCUT2D eigenvalue weighted by atomic mass is 16.4. The molecule has 0 aliphatic carbocycles. The molecule has 3 heterocycles. The summed E-state index contributed by atoms with van der Waals surface area (Å²) in [7, 11) is 0. The summed E-state index contributed by atoms with van der Waals surface area (Å²) in [4.78, 5) is 35.4. The molecular formula is C14H18N4O3.